The van der Waals surface area contributed by atoms with Crippen LogP contribution in [0.3, 0.4) is 0 Å². The van der Waals surface area contributed by atoms with E-state index in [4.69, 9.17) is 9.47 Å². The zero-order valence-electron chi connectivity index (χ0n) is 11.0. The van der Waals surface area contributed by atoms with Crippen LogP contribution in [0.25, 0.3) is 0 Å². The molecule has 1 aliphatic rings. The Morgan fingerprint density at radius 1 is 1.26 bits per heavy atom. The maximum atomic E-state index is 12.3. The second kappa shape index (κ2) is 5.73. The quantitative estimate of drug-likeness (QED) is 0.472. The number of carbonyl (C=O) groups is 2. The second-order valence-corrected chi connectivity index (χ2v) is 4.21. The third-order valence-electron chi connectivity index (χ3n) is 3.04. The molecule has 2 rings (SSSR count). The van der Waals surface area contributed by atoms with E-state index in [9.17, 15) is 9.59 Å². The zero-order chi connectivity index (χ0) is 13.8. The Bertz CT molecular complexity index is 495. The van der Waals surface area contributed by atoms with Gasteiger partial charge in [-0.25, -0.2) is 0 Å². The highest BCUT2D eigenvalue weighted by molar-refractivity contribution is 6.08. The molecule has 5 nitrogen and oxygen atoms in total. The van der Waals surface area contributed by atoms with Gasteiger partial charge in [0.1, 0.15) is 19.1 Å². The number of carbonyl (C=O) groups excluding carboxylic acids is 2. The molecule has 1 unspecified atom stereocenters. The maximum Gasteiger partial charge on any atom is 0.316 e. The van der Waals surface area contributed by atoms with Gasteiger partial charge < -0.3 is 14.2 Å². The zero-order valence-corrected chi connectivity index (χ0v) is 11.0. The van der Waals surface area contributed by atoms with Gasteiger partial charge in [0.05, 0.1) is 7.11 Å². The number of esters is 1. The number of hydrogen-bond acceptors (Lipinski definition) is 5. The highest BCUT2D eigenvalue weighted by atomic mass is 16.6. The van der Waals surface area contributed by atoms with Crippen molar-refractivity contribution in [2.24, 2.45) is 5.92 Å². The summed E-state index contributed by atoms with van der Waals surface area (Å²) in [7, 11) is 1.28. The molecule has 0 fully saturated rings. The van der Waals surface area contributed by atoms with Crippen LogP contribution >= 0.6 is 0 Å². The molecule has 5 heteroatoms. The molecule has 1 atom stereocenters. The SMILES string of the molecule is CCC(C(=O)OC)C(=O)c1ccc2c(c1)OCCO2. The van der Waals surface area contributed by atoms with Crippen LogP contribution in [0.4, 0.5) is 0 Å². The van der Waals surface area contributed by atoms with Crippen molar-refractivity contribution in [3.8, 4) is 11.5 Å². The van der Waals surface area contributed by atoms with E-state index in [1.807, 2.05) is 0 Å². The molecular formula is C14H16O5. The van der Waals surface area contributed by atoms with E-state index in [1.54, 1.807) is 25.1 Å². The van der Waals surface area contributed by atoms with E-state index >= 15 is 0 Å². The molecule has 1 aliphatic heterocycles. The van der Waals surface area contributed by atoms with Crippen LogP contribution in [0.2, 0.25) is 0 Å². The Morgan fingerprint density at radius 2 is 1.95 bits per heavy atom. The molecule has 0 bridgehead atoms. The maximum absolute atomic E-state index is 12.3. The summed E-state index contributed by atoms with van der Waals surface area (Å²) in [5.41, 5.74) is 0.432. The topological polar surface area (TPSA) is 61.8 Å². The van der Waals surface area contributed by atoms with Gasteiger partial charge in [0.2, 0.25) is 0 Å². The molecule has 19 heavy (non-hydrogen) atoms. The molecule has 0 aromatic heterocycles. The van der Waals surface area contributed by atoms with Crippen LogP contribution in [-0.4, -0.2) is 32.1 Å². The van der Waals surface area contributed by atoms with Crippen molar-refractivity contribution in [3.05, 3.63) is 23.8 Å². The van der Waals surface area contributed by atoms with Gasteiger partial charge in [0.15, 0.2) is 17.3 Å². The summed E-state index contributed by atoms with van der Waals surface area (Å²) < 4.78 is 15.4. The predicted octanol–water partition coefficient (Wildman–Crippen LogP) is 1.84. The molecule has 0 aliphatic carbocycles. The molecular weight excluding hydrogens is 248 g/mol. The summed E-state index contributed by atoms with van der Waals surface area (Å²) in [5.74, 6) is -0.382. The Labute approximate surface area is 111 Å². The van der Waals surface area contributed by atoms with Crippen molar-refractivity contribution >= 4 is 11.8 Å². The number of fused-ring (bicyclic) bond motifs is 1. The van der Waals surface area contributed by atoms with E-state index in [0.29, 0.717) is 36.7 Å². The van der Waals surface area contributed by atoms with E-state index in [0.717, 1.165) is 0 Å². The summed E-state index contributed by atoms with van der Waals surface area (Å²) in [5, 5.41) is 0. The Hall–Kier alpha value is -2.04. The Kier molecular flexibility index (Phi) is 4.04. The monoisotopic (exact) mass is 264 g/mol. The molecule has 0 spiro atoms. The number of benzene rings is 1. The van der Waals surface area contributed by atoms with Crippen molar-refractivity contribution in [1.82, 2.24) is 0 Å². The minimum absolute atomic E-state index is 0.258. The highest BCUT2D eigenvalue weighted by Crippen LogP contribution is 2.31. The summed E-state index contributed by atoms with van der Waals surface area (Å²) in [6, 6.07) is 4.94. The molecule has 0 N–H and O–H groups in total. The van der Waals surface area contributed by atoms with Gasteiger partial charge in [0, 0.05) is 5.56 Å². The molecule has 1 aromatic carbocycles. The third-order valence-corrected chi connectivity index (χ3v) is 3.04. The van der Waals surface area contributed by atoms with E-state index in [1.165, 1.54) is 7.11 Å². The first kappa shape index (κ1) is 13.4. The van der Waals surface area contributed by atoms with Gasteiger partial charge in [-0.2, -0.15) is 0 Å². The van der Waals surface area contributed by atoms with E-state index in [2.05, 4.69) is 4.74 Å². The van der Waals surface area contributed by atoms with Crippen LogP contribution in [0.15, 0.2) is 18.2 Å². The van der Waals surface area contributed by atoms with Crippen molar-refractivity contribution in [2.45, 2.75) is 13.3 Å². The summed E-state index contributed by atoms with van der Waals surface area (Å²) in [6.07, 6.45) is 0.403. The van der Waals surface area contributed by atoms with Crippen LogP contribution in [-0.2, 0) is 9.53 Å². The fourth-order valence-electron chi connectivity index (χ4n) is 2.00. The van der Waals surface area contributed by atoms with Gasteiger partial charge >= 0.3 is 5.97 Å². The summed E-state index contributed by atoms with van der Waals surface area (Å²) in [4.78, 5) is 23.8. The minimum Gasteiger partial charge on any atom is -0.486 e. The fraction of sp³-hybridized carbons (Fsp3) is 0.429. The first-order chi connectivity index (χ1) is 9.17. The lowest BCUT2D eigenvalue weighted by Gasteiger charge is -2.19. The molecule has 102 valence electrons. The number of methoxy groups -OCH3 is 1. The highest BCUT2D eigenvalue weighted by Gasteiger charge is 2.27. The lowest BCUT2D eigenvalue weighted by atomic mass is 9.95. The number of rotatable bonds is 4. The Morgan fingerprint density at radius 3 is 2.58 bits per heavy atom. The lowest BCUT2D eigenvalue weighted by Crippen LogP contribution is -2.25. The second-order valence-electron chi connectivity index (χ2n) is 4.21. The molecule has 0 saturated heterocycles. The average molecular weight is 264 g/mol. The van der Waals surface area contributed by atoms with Gasteiger partial charge in [-0.3, -0.25) is 9.59 Å². The summed E-state index contributed by atoms with van der Waals surface area (Å²) in [6.45, 7) is 2.73. The fourth-order valence-corrected chi connectivity index (χ4v) is 2.00. The molecule has 0 radical (unpaired) electrons. The van der Waals surface area contributed by atoms with Crippen molar-refractivity contribution in [1.29, 1.82) is 0 Å². The largest absolute Gasteiger partial charge is 0.486 e. The average Bonchev–Trinajstić information content (AvgIpc) is 2.47. The number of ether oxygens (including phenoxy) is 3. The van der Waals surface area contributed by atoms with E-state index < -0.39 is 11.9 Å². The van der Waals surface area contributed by atoms with Gasteiger partial charge in [-0.15, -0.1) is 0 Å². The van der Waals surface area contributed by atoms with Crippen LogP contribution in [0.5, 0.6) is 11.5 Å². The first-order valence-electron chi connectivity index (χ1n) is 6.19. The van der Waals surface area contributed by atoms with Crippen LogP contribution < -0.4 is 9.47 Å². The summed E-state index contributed by atoms with van der Waals surface area (Å²) >= 11 is 0. The number of Topliss-reactive ketones (excluding diaryl/α,β-unsaturated/α-hetero) is 1. The van der Waals surface area contributed by atoms with Crippen molar-refractivity contribution < 1.29 is 23.8 Å². The van der Waals surface area contributed by atoms with Gasteiger partial charge in [-0.1, -0.05) is 6.92 Å². The van der Waals surface area contributed by atoms with E-state index in [-0.39, 0.29) is 5.78 Å². The Balaban J connectivity index is 2.25. The minimum atomic E-state index is -0.771. The number of ketones is 1. The van der Waals surface area contributed by atoms with Crippen LogP contribution in [0.1, 0.15) is 23.7 Å². The van der Waals surface area contributed by atoms with Crippen LogP contribution in [0, 0.1) is 5.92 Å². The standard InChI is InChI=1S/C14H16O5/c1-3-10(14(16)17-2)13(15)9-4-5-11-12(8-9)19-7-6-18-11/h4-5,8,10H,3,6-7H2,1-2H3. The van der Waals surface area contributed by atoms with Crippen molar-refractivity contribution in [2.75, 3.05) is 20.3 Å². The first-order valence-corrected chi connectivity index (χ1v) is 6.19. The van der Waals surface area contributed by atoms with Crippen molar-refractivity contribution in [3.63, 3.8) is 0 Å². The molecule has 0 amide bonds. The molecule has 1 heterocycles. The molecule has 0 saturated carbocycles. The molecule has 1 aromatic rings. The smallest absolute Gasteiger partial charge is 0.316 e. The van der Waals surface area contributed by atoms with Gasteiger partial charge in [0.25, 0.3) is 0 Å². The normalized spacial score (nSPS) is 14.6. The predicted molar refractivity (Wildman–Crippen MR) is 67.6 cm³/mol. The van der Waals surface area contributed by atoms with Gasteiger partial charge in [-0.05, 0) is 24.6 Å². The number of hydrogen-bond donors (Lipinski definition) is 0. The third kappa shape index (κ3) is 2.70. The lowest BCUT2D eigenvalue weighted by molar-refractivity contribution is -0.143.